The Morgan fingerprint density at radius 2 is 1.88 bits per heavy atom. The van der Waals surface area contributed by atoms with Crippen molar-refractivity contribution in [2.45, 2.75) is 30.3 Å². The van der Waals surface area contributed by atoms with Crippen molar-refractivity contribution in [1.82, 2.24) is 19.2 Å². The van der Waals surface area contributed by atoms with Crippen LogP contribution < -0.4 is 10.1 Å². The fourth-order valence-electron chi connectivity index (χ4n) is 3.36. The van der Waals surface area contributed by atoms with Crippen LogP contribution in [0.25, 0.3) is 0 Å². The largest absolute Gasteiger partial charge is 0.497 e. The SMILES string of the molecule is COc1ccc([C@H](CC(=O)NCCCn2ccnc2)N(C)S(=O)(=O)c2ccccc2)cc1. The Hall–Kier alpha value is -3.17. The van der Waals surface area contributed by atoms with E-state index in [-0.39, 0.29) is 17.2 Å². The third-order valence-corrected chi connectivity index (χ3v) is 7.09. The third-order valence-electron chi connectivity index (χ3n) is 5.21. The summed E-state index contributed by atoms with van der Waals surface area (Å²) in [6.07, 6.45) is 6.05. The van der Waals surface area contributed by atoms with Crippen LogP contribution in [0.5, 0.6) is 5.75 Å². The fourth-order valence-corrected chi connectivity index (χ4v) is 4.73. The van der Waals surface area contributed by atoms with Gasteiger partial charge in [0.05, 0.1) is 24.4 Å². The highest BCUT2D eigenvalue weighted by molar-refractivity contribution is 7.89. The molecule has 0 saturated heterocycles. The van der Waals surface area contributed by atoms with Crippen LogP contribution in [-0.2, 0) is 21.4 Å². The molecule has 0 bridgehead atoms. The van der Waals surface area contributed by atoms with Gasteiger partial charge in [0, 0.05) is 39.0 Å². The number of methoxy groups -OCH3 is 1. The molecule has 2 aromatic carbocycles. The first-order valence-electron chi connectivity index (χ1n) is 10.3. The van der Waals surface area contributed by atoms with E-state index in [1.807, 2.05) is 10.8 Å². The van der Waals surface area contributed by atoms with Gasteiger partial charge in [-0.05, 0) is 36.2 Å². The summed E-state index contributed by atoms with van der Waals surface area (Å²) in [5.74, 6) is 0.441. The summed E-state index contributed by atoms with van der Waals surface area (Å²) in [5.41, 5.74) is 0.710. The quantitative estimate of drug-likeness (QED) is 0.448. The molecule has 32 heavy (non-hydrogen) atoms. The number of nitrogens with zero attached hydrogens (tertiary/aromatic N) is 3. The van der Waals surface area contributed by atoms with Crippen molar-refractivity contribution in [2.24, 2.45) is 0 Å². The second-order valence-corrected chi connectivity index (χ2v) is 9.33. The Labute approximate surface area is 188 Å². The van der Waals surface area contributed by atoms with Crippen LogP contribution in [0.15, 0.2) is 78.2 Å². The van der Waals surface area contributed by atoms with E-state index in [0.717, 1.165) is 13.0 Å². The van der Waals surface area contributed by atoms with Gasteiger partial charge in [0.25, 0.3) is 0 Å². The lowest BCUT2D eigenvalue weighted by molar-refractivity contribution is -0.121. The molecule has 1 heterocycles. The third kappa shape index (κ3) is 5.95. The topological polar surface area (TPSA) is 93.5 Å². The Morgan fingerprint density at radius 1 is 1.16 bits per heavy atom. The van der Waals surface area contributed by atoms with Crippen LogP contribution in [0.1, 0.15) is 24.4 Å². The van der Waals surface area contributed by atoms with Crippen LogP contribution in [-0.4, -0.2) is 48.9 Å². The number of imidazole rings is 1. The minimum Gasteiger partial charge on any atom is -0.497 e. The van der Waals surface area contributed by atoms with E-state index in [4.69, 9.17) is 4.74 Å². The van der Waals surface area contributed by atoms with Gasteiger partial charge in [-0.25, -0.2) is 13.4 Å². The lowest BCUT2D eigenvalue weighted by atomic mass is 10.0. The number of ether oxygens (including phenoxy) is 1. The average Bonchev–Trinajstić information content (AvgIpc) is 3.34. The number of rotatable bonds is 11. The Balaban J connectivity index is 1.73. The molecular formula is C23H28N4O4S. The smallest absolute Gasteiger partial charge is 0.243 e. The number of aromatic nitrogens is 2. The predicted octanol–water partition coefficient (Wildman–Crippen LogP) is 2.85. The molecule has 0 aliphatic carbocycles. The van der Waals surface area contributed by atoms with E-state index in [2.05, 4.69) is 10.3 Å². The summed E-state index contributed by atoms with van der Waals surface area (Å²) in [7, 11) is -0.722. The van der Waals surface area contributed by atoms with E-state index in [9.17, 15) is 13.2 Å². The zero-order valence-corrected chi connectivity index (χ0v) is 19.0. The monoisotopic (exact) mass is 456 g/mol. The highest BCUT2D eigenvalue weighted by Gasteiger charge is 2.30. The van der Waals surface area contributed by atoms with Crippen LogP contribution >= 0.6 is 0 Å². The second-order valence-electron chi connectivity index (χ2n) is 7.33. The number of aryl methyl sites for hydroxylation is 1. The van der Waals surface area contributed by atoms with Gasteiger partial charge in [0.2, 0.25) is 15.9 Å². The van der Waals surface area contributed by atoms with Crippen molar-refractivity contribution in [3.8, 4) is 5.75 Å². The Morgan fingerprint density at radius 3 is 2.50 bits per heavy atom. The highest BCUT2D eigenvalue weighted by atomic mass is 32.2. The minimum atomic E-state index is -3.79. The first kappa shape index (κ1) is 23.5. The van der Waals surface area contributed by atoms with E-state index < -0.39 is 16.1 Å². The summed E-state index contributed by atoms with van der Waals surface area (Å²) < 4.78 is 34.8. The number of sulfonamides is 1. The number of carbonyl (C=O) groups excluding carboxylic acids is 1. The molecule has 0 radical (unpaired) electrons. The van der Waals surface area contributed by atoms with Crippen LogP contribution in [0.4, 0.5) is 0 Å². The van der Waals surface area contributed by atoms with Crippen LogP contribution in [0.3, 0.4) is 0 Å². The molecule has 1 atom stereocenters. The van der Waals surface area contributed by atoms with Gasteiger partial charge in [0.15, 0.2) is 0 Å². The lowest BCUT2D eigenvalue weighted by Gasteiger charge is -2.28. The fraction of sp³-hybridized carbons (Fsp3) is 0.304. The molecule has 8 nitrogen and oxygen atoms in total. The maximum Gasteiger partial charge on any atom is 0.243 e. The standard InChI is InChI=1S/C23H28N4O4S/c1-26(32(29,30)21-7-4-3-5-8-21)22(19-9-11-20(31-2)12-10-19)17-23(28)25-13-6-15-27-16-14-24-18-27/h3-5,7-12,14,16,18,22H,6,13,15,17H2,1-2H3,(H,25,28)/t22-/m0/s1. The van der Waals surface area contributed by atoms with E-state index in [1.54, 1.807) is 74.2 Å². The first-order valence-corrected chi connectivity index (χ1v) is 11.8. The molecule has 9 heteroatoms. The van der Waals surface area contributed by atoms with Gasteiger partial charge in [-0.15, -0.1) is 0 Å². The molecule has 3 aromatic rings. The normalized spacial score (nSPS) is 12.5. The predicted molar refractivity (Wildman–Crippen MR) is 122 cm³/mol. The lowest BCUT2D eigenvalue weighted by Crippen LogP contribution is -2.35. The van der Waals surface area contributed by atoms with E-state index >= 15 is 0 Å². The molecular weight excluding hydrogens is 428 g/mol. The van der Waals surface area contributed by atoms with Crippen LogP contribution in [0.2, 0.25) is 0 Å². The molecule has 0 aliphatic heterocycles. The molecule has 0 spiro atoms. The van der Waals surface area contributed by atoms with Gasteiger partial charge in [0.1, 0.15) is 5.75 Å². The molecule has 0 saturated carbocycles. The summed E-state index contributed by atoms with van der Waals surface area (Å²) in [6.45, 7) is 1.23. The Kier molecular flexibility index (Phi) is 8.02. The van der Waals surface area contributed by atoms with Crippen LogP contribution in [0, 0.1) is 0 Å². The number of hydrogen-bond acceptors (Lipinski definition) is 5. The number of carbonyl (C=O) groups is 1. The summed E-state index contributed by atoms with van der Waals surface area (Å²) in [5, 5.41) is 2.90. The maximum absolute atomic E-state index is 13.2. The van der Waals surface area contributed by atoms with Crippen molar-refractivity contribution in [1.29, 1.82) is 0 Å². The molecule has 170 valence electrons. The zero-order valence-electron chi connectivity index (χ0n) is 18.2. The molecule has 0 fully saturated rings. The molecule has 0 aliphatic rings. The summed E-state index contributed by atoms with van der Waals surface area (Å²) in [6, 6.07) is 14.6. The number of amides is 1. The van der Waals surface area contributed by atoms with Gasteiger partial charge in [-0.3, -0.25) is 4.79 Å². The van der Waals surface area contributed by atoms with Gasteiger partial charge >= 0.3 is 0 Å². The molecule has 1 N–H and O–H groups in total. The molecule has 1 aromatic heterocycles. The summed E-state index contributed by atoms with van der Waals surface area (Å²) >= 11 is 0. The summed E-state index contributed by atoms with van der Waals surface area (Å²) in [4.78, 5) is 16.9. The van der Waals surface area contributed by atoms with Crippen molar-refractivity contribution in [2.75, 3.05) is 20.7 Å². The van der Waals surface area contributed by atoms with Crippen molar-refractivity contribution in [3.05, 3.63) is 78.9 Å². The van der Waals surface area contributed by atoms with E-state index in [0.29, 0.717) is 17.9 Å². The van der Waals surface area contributed by atoms with E-state index in [1.165, 1.54) is 11.4 Å². The molecule has 1 amide bonds. The van der Waals surface area contributed by atoms with Crippen molar-refractivity contribution >= 4 is 15.9 Å². The maximum atomic E-state index is 13.2. The van der Waals surface area contributed by atoms with Crippen molar-refractivity contribution < 1.29 is 17.9 Å². The number of nitrogens with one attached hydrogen (secondary N) is 1. The van der Waals surface area contributed by atoms with Gasteiger partial charge in [-0.2, -0.15) is 4.31 Å². The van der Waals surface area contributed by atoms with Gasteiger partial charge in [-0.1, -0.05) is 30.3 Å². The minimum absolute atomic E-state index is 0.0000320. The van der Waals surface area contributed by atoms with Crippen molar-refractivity contribution in [3.63, 3.8) is 0 Å². The number of benzene rings is 2. The first-order chi connectivity index (χ1) is 15.4. The Bertz CT molecular complexity index is 1080. The average molecular weight is 457 g/mol. The van der Waals surface area contributed by atoms with Gasteiger partial charge < -0.3 is 14.6 Å². The molecule has 3 rings (SSSR count). The zero-order chi connectivity index (χ0) is 23.0. The highest BCUT2D eigenvalue weighted by Crippen LogP contribution is 2.30. The molecule has 0 unspecified atom stereocenters. The number of hydrogen-bond donors (Lipinski definition) is 1. The second kappa shape index (κ2) is 10.9.